The van der Waals surface area contributed by atoms with E-state index in [0.29, 0.717) is 5.92 Å². The van der Waals surface area contributed by atoms with E-state index in [1.54, 1.807) is 0 Å². The van der Waals surface area contributed by atoms with Gasteiger partial charge in [-0.05, 0) is 25.8 Å². The summed E-state index contributed by atoms with van der Waals surface area (Å²) in [6.07, 6.45) is 5.40. The zero-order chi connectivity index (χ0) is 13.1. The molecule has 1 aliphatic heterocycles. The van der Waals surface area contributed by atoms with Gasteiger partial charge in [-0.25, -0.2) is 0 Å². The van der Waals surface area contributed by atoms with Crippen molar-refractivity contribution in [2.75, 3.05) is 26.8 Å². The highest BCUT2D eigenvalue weighted by Gasteiger charge is 2.33. The lowest BCUT2D eigenvalue weighted by molar-refractivity contribution is -0.129. The Morgan fingerprint density at radius 2 is 2.06 bits per heavy atom. The molecular weight excluding hydrogens is 226 g/mol. The van der Waals surface area contributed by atoms with Crippen LogP contribution in [0.3, 0.4) is 0 Å². The maximum Gasteiger partial charge on any atom is 0.241 e. The van der Waals surface area contributed by atoms with Crippen LogP contribution in [0.1, 0.15) is 39.5 Å². The summed E-state index contributed by atoms with van der Waals surface area (Å²) in [5.41, 5.74) is 0. The lowest BCUT2D eigenvalue weighted by Crippen LogP contribution is -2.40. The number of hydrogen-bond donors (Lipinski definition) is 1. The van der Waals surface area contributed by atoms with Gasteiger partial charge in [0.25, 0.3) is 0 Å². The molecule has 0 aromatic rings. The Bertz CT molecular complexity index is 287. The van der Waals surface area contributed by atoms with Crippen LogP contribution in [0, 0.1) is 5.92 Å². The molecule has 0 radical (unpaired) electrons. The van der Waals surface area contributed by atoms with Crippen molar-refractivity contribution < 1.29 is 4.79 Å². The van der Waals surface area contributed by atoms with Gasteiger partial charge in [0.15, 0.2) is 0 Å². The Kier molecular flexibility index (Phi) is 4.62. The molecule has 4 heteroatoms. The second kappa shape index (κ2) is 6.02. The number of hydrogen-bond acceptors (Lipinski definition) is 3. The summed E-state index contributed by atoms with van der Waals surface area (Å²) < 4.78 is 0. The largest absolute Gasteiger partial charge is 0.327 e. The lowest BCUT2D eigenvalue weighted by atomic mass is 10.1. The third-order valence-electron chi connectivity index (χ3n) is 4.42. The van der Waals surface area contributed by atoms with Crippen molar-refractivity contribution in [1.29, 1.82) is 0 Å². The molecule has 1 N–H and O–H groups in total. The van der Waals surface area contributed by atoms with Crippen LogP contribution in [0.25, 0.3) is 0 Å². The van der Waals surface area contributed by atoms with Crippen LogP contribution in [-0.4, -0.2) is 54.6 Å². The molecule has 1 saturated heterocycles. The highest BCUT2D eigenvalue weighted by Crippen LogP contribution is 2.22. The van der Waals surface area contributed by atoms with E-state index in [4.69, 9.17) is 0 Å². The molecule has 1 heterocycles. The molecule has 1 amide bonds. The van der Waals surface area contributed by atoms with Crippen LogP contribution >= 0.6 is 0 Å². The van der Waals surface area contributed by atoms with Crippen molar-refractivity contribution in [3.8, 4) is 0 Å². The molecule has 18 heavy (non-hydrogen) atoms. The number of nitrogens with one attached hydrogen (secondary N) is 1. The van der Waals surface area contributed by atoms with Gasteiger partial charge in [-0.1, -0.05) is 26.7 Å². The van der Waals surface area contributed by atoms with Gasteiger partial charge in [-0.3, -0.25) is 10.1 Å². The third-order valence-corrected chi connectivity index (χ3v) is 4.42. The van der Waals surface area contributed by atoms with E-state index in [1.807, 2.05) is 4.90 Å². The zero-order valence-corrected chi connectivity index (χ0v) is 12.0. The maximum absolute atomic E-state index is 12.1. The van der Waals surface area contributed by atoms with E-state index in [0.717, 1.165) is 25.8 Å². The number of carbonyl (C=O) groups is 1. The van der Waals surface area contributed by atoms with E-state index in [2.05, 4.69) is 31.1 Å². The van der Waals surface area contributed by atoms with Crippen molar-refractivity contribution in [1.82, 2.24) is 15.1 Å². The first-order chi connectivity index (χ1) is 8.59. The molecule has 2 fully saturated rings. The van der Waals surface area contributed by atoms with Gasteiger partial charge in [-0.2, -0.15) is 0 Å². The minimum absolute atomic E-state index is 0.0294. The van der Waals surface area contributed by atoms with Crippen LogP contribution in [0.15, 0.2) is 0 Å². The fourth-order valence-electron chi connectivity index (χ4n) is 3.09. The molecule has 1 unspecified atom stereocenters. The number of amides is 1. The molecule has 0 bridgehead atoms. The second-order valence-electron chi connectivity index (χ2n) is 6.10. The molecular formula is C14H27N3O. The summed E-state index contributed by atoms with van der Waals surface area (Å²) in [4.78, 5) is 16.5. The number of nitrogens with zero attached hydrogens (tertiary/aromatic N) is 2. The molecule has 2 rings (SSSR count). The highest BCUT2D eigenvalue weighted by atomic mass is 16.2. The van der Waals surface area contributed by atoms with Crippen LogP contribution < -0.4 is 5.32 Å². The summed E-state index contributed by atoms with van der Waals surface area (Å²) in [5.74, 6) is 0.667. The molecule has 1 atom stereocenters. The average Bonchev–Trinajstić information content (AvgIpc) is 2.95. The predicted molar refractivity (Wildman–Crippen MR) is 73.2 cm³/mol. The van der Waals surface area contributed by atoms with Crippen LogP contribution in [0.2, 0.25) is 0 Å². The summed E-state index contributed by atoms with van der Waals surface area (Å²) in [6.45, 7) is 6.79. The van der Waals surface area contributed by atoms with Gasteiger partial charge >= 0.3 is 0 Å². The minimum atomic E-state index is 0.0294. The summed E-state index contributed by atoms with van der Waals surface area (Å²) in [7, 11) is 2.20. The van der Waals surface area contributed by atoms with Gasteiger partial charge in [-0.15, -0.1) is 0 Å². The molecule has 0 aromatic carbocycles. The molecule has 1 aliphatic carbocycles. The van der Waals surface area contributed by atoms with Crippen molar-refractivity contribution in [2.45, 2.75) is 51.6 Å². The topological polar surface area (TPSA) is 35.6 Å². The third kappa shape index (κ3) is 3.04. The number of rotatable bonds is 5. The van der Waals surface area contributed by atoms with E-state index in [1.165, 1.54) is 25.7 Å². The zero-order valence-electron chi connectivity index (χ0n) is 12.0. The first-order valence-electron chi connectivity index (χ1n) is 7.32. The standard InChI is InChI=1S/C14H27N3O/c1-11(2)13-14(18)17(10-15-13)9-8-16(3)12-6-4-5-7-12/h11-13,15H,4-10H2,1-3H3. The summed E-state index contributed by atoms with van der Waals surface area (Å²) in [5, 5.41) is 3.31. The molecule has 2 aliphatic rings. The lowest BCUT2D eigenvalue weighted by Gasteiger charge is -2.26. The average molecular weight is 253 g/mol. The maximum atomic E-state index is 12.1. The Morgan fingerprint density at radius 3 is 2.61 bits per heavy atom. The van der Waals surface area contributed by atoms with Gasteiger partial charge in [0.05, 0.1) is 12.7 Å². The second-order valence-corrected chi connectivity index (χ2v) is 6.10. The minimum Gasteiger partial charge on any atom is -0.327 e. The van der Waals surface area contributed by atoms with E-state index >= 15 is 0 Å². The van der Waals surface area contributed by atoms with E-state index < -0.39 is 0 Å². The normalized spacial score (nSPS) is 25.9. The van der Waals surface area contributed by atoms with E-state index in [-0.39, 0.29) is 11.9 Å². The molecule has 0 aromatic heterocycles. The predicted octanol–water partition coefficient (Wildman–Crippen LogP) is 1.27. The van der Waals surface area contributed by atoms with Gasteiger partial charge in [0, 0.05) is 19.1 Å². The quantitative estimate of drug-likeness (QED) is 0.801. The van der Waals surface area contributed by atoms with Gasteiger partial charge in [0.2, 0.25) is 5.91 Å². The summed E-state index contributed by atoms with van der Waals surface area (Å²) >= 11 is 0. The fourth-order valence-corrected chi connectivity index (χ4v) is 3.09. The monoisotopic (exact) mass is 253 g/mol. The van der Waals surface area contributed by atoms with Crippen LogP contribution in [0.4, 0.5) is 0 Å². The smallest absolute Gasteiger partial charge is 0.241 e. The van der Waals surface area contributed by atoms with Crippen molar-refractivity contribution in [3.05, 3.63) is 0 Å². The van der Waals surface area contributed by atoms with Crippen molar-refractivity contribution in [2.24, 2.45) is 5.92 Å². The van der Waals surface area contributed by atoms with Crippen LogP contribution in [-0.2, 0) is 4.79 Å². The van der Waals surface area contributed by atoms with Gasteiger partial charge < -0.3 is 9.80 Å². The van der Waals surface area contributed by atoms with Gasteiger partial charge in [0.1, 0.15) is 0 Å². The molecule has 4 nitrogen and oxygen atoms in total. The molecule has 1 saturated carbocycles. The summed E-state index contributed by atoms with van der Waals surface area (Å²) in [6, 6.07) is 0.776. The number of carbonyl (C=O) groups excluding carboxylic acids is 1. The molecule has 104 valence electrons. The Morgan fingerprint density at radius 1 is 1.39 bits per heavy atom. The first-order valence-corrected chi connectivity index (χ1v) is 7.32. The Hall–Kier alpha value is -0.610. The highest BCUT2D eigenvalue weighted by molar-refractivity contribution is 5.84. The molecule has 0 spiro atoms. The number of likely N-dealkylation sites (N-methyl/N-ethyl adjacent to an activating group) is 1. The SMILES string of the molecule is CC(C)C1NCN(CCN(C)C2CCCC2)C1=O. The van der Waals surface area contributed by atoms with Crippen molar-refractivity contribution >= 4 is 5.91 Å². The Labute approximate surface area is 111 Å². The fraction of sp³-hybridized carbons (Fsp3) is 0.929. The van der Waals surface area contributed by atoms with Crippen molar-refractivity contribution in [3.63, 3.8) is 0 Å². The first kappa shape index (κ1) is 13.8. The van der Waals surface area contributed by atoms with Crippen LogP contribution in [0.5, 0.6) is 0 Å². The Balaban J connectivity index is 1.75. The van der Waals surface area contributed by atoms with E-state index in [9.17, 15) is 4.79 Å².